The standard InChI is InChI=1S/C23H20ClF2N3O2S/c1-31-21-9-2-14(10-20(21)30)11-22-27-28-23(29(22)18-7-5-16(25)6-8-18)32-13-15-3-4-17(26)12-19(15)24/h2-7,9-10,12,18,30H,8,11,13H2,1H3. The van der Waals surface area contributed by atoms with E-state index in [-0.39, 0.29) is 17.6 Å². The highest BCUT2D eigenvalue weighted by atomic mass is 35.5. The van der Waals surface area contributed by atoms with E-state index in [1.165, 1.54) is 43.2 Å². The fourth-order valence-electron chi connectivity index (χ4n) is 3.44. The van der Waals surface area contributed by atoms with E-state index in [0.717, 1.165) is 11.1 Å². The van der Waals surface area contributed by atoms with Gasteiger partial charge in [-0.2, -0.15) is 0 Å². The molecule has 0 saturated carbocycles. The monoisotopic (exact) mass is 475 g/mol. The van der Waals surface area contributed by atoms with Crippen LogP contribution in [0.4, 0.5) is 8.78 Å². The second-order valence-electron chi connectivity index (χ2n) is 7.23. The zero-order chi connectivity index (χ0) is 22.7. The summed E-state index contributed by atoms with van der Waals surface area (Å²) in [4.78, 5) is 0. The molecule has 32 heavy (non-hydrogen) atoms. The third-order valence-corrected chi connectivity index (χ3v) is 6.42. The highest BCUT2D eigenvalue weighted by Crippen LogP contribution is 2.33. The van der Waals surface area contributed by atoms with Crippen LogP contribution in [0.15, 0.2) is 65.6 Å². The van der Waals surface area contributed by atoms with E-state index < -0.39 is 5.82 Å². The van der Waals surface area contributed by atoms with Crippen LogP contribution in [0.2, 0.25) is 5.02 Å². The molecule has 1 aromatic heterocycles. The fourth-order valence-corrected chi connectivity index (χ4v) is 4.77. The Morgan fingerprint density at radius 3 is 2.75 bits per heavy atom. The number of benzene rings is 2. The van der Waals surface area contributed by atoms with Crippen molar-refractivity contribution < 1.29 is 18.6 Å². The lowest BCUT2D eigenvalue weighted by molar-refractivity contribution is 0.373. The first-order valence-corrected chi connectivity index (χ1v) is 11.2. The van der Waals surface area contributed by atoms with E-state index in [9.17, 15) is 13.9 Å². The Morgan fingerprint density at radius 2 is 2.06 bits per heavy atom. The summed E-state index contributed by atoms with van der Waals surface area (Å²) in [7, 11) is 1.49. The number of hydrogen-bond donors (Lipinski definition) is 1. The number of halogens is 3. The number of methoxy groups -OCH3 is 1. The maximum atomic E-state index is 13.6. The van der Waals surface area contributed by atoms with Crippen molar-refractivity contribution in [2.75, 3.05) is 7.11 Å². The van der Waals surface area contributed by atoms with Gasteiger partial charge in [0.1, 0.15) is 17.5 Å². The van der Waals surface area contributed by atoms with Crippen LogP contribution in [0, 0.1) is 5.82 Å². The lowest BCUT2D eigenvalue weighted by Crippen LogP contribution is -2.13. The van der Waals surface area contributed by atoms with Crippen molar-refractivity contribution in [3.8, 4) is 11.5 Å². The molecule has 0 radical (unpaired) electrons. The number of aromatic nitrogens is 3. The first-order chi connectivity index (χ1) is 15.4. The van der Waals surface area contributed by atoms with E-state index >= 15 is 0 Å². The van der Waals surface area contributed by atoms with Gasteiger partial charge in [0.2, 0.25) is 0 Å². The summed E-state index contributed by atoms with van der Waals surface area (Å²) in [6, 6.07) is 9.30. The summed E-state index contributed by atoms with van der Waals surface area (Å²) in [5.74, 6) is 0.910. The van der Waals surface area contributed by atoms with Crippen molar-refractivity contribution in [2.24, 2.45) is 0 Å². The summed E-state index contributed by atoms with van der Waals surface area (Å²) in [6.45, 7) is 0. The predicted molar refractivity (Wildman–Crippen MR) is 120 cm³/mol. The van der Waals surface area contributed by atoms with Gasteiger partial charge in [0, 0.05) is 17.2 Å². The molecule has 0 bridgehead atoms. The number of thioether (sulfide) groups is 1. The lowest BCUT2D eigenvalue weighted by Gasteiger charge is -2.20. The number of ether oxygens (including phenoxy) is 1. The number of phenolic OH excluding ortho intramolecular Hbond substituents is 1. The molecule has 1 heterocycles. The van der Waals surface area contributed by atoms with Crippen molar-refractivity contribution in [3.05, 3.63) is 88.2 Å². The van der Waals surface area contributed by atoms with Crippen molar-refractivity contribution >= 4 is 23.4 Å². The van der Waals surface area contributed by atoms with Gasteiger partial charge in [0.05, 0.1) is 13.2 Å². The van der Waals surface area contributed by atoms with Crippen molar-refractivity contribution in [1.29, 1.82) is 0 Å². The molecule has 5 nitrogen and oxygen atoms in total. The number of hydrogen-bond acceptors (Lipinski definition) is 5. The third kappa shape index (κ3) is 4.97. The van der Waals surface area contributed by atoms with Gasteiger partial charge < -0.3 is 9.84 Å². The largest absolute Gasteiger partial charge is 0.504 e. The zero-order valence-electron chi connectivity index (χ0n) is 17.1. The van der Waals surface area contributed by atoms with Crippen LogP contribution in [0.3, 0.4) is 0 Å². The van der Waals surface area contributed by atoms with Crippen LogP contribution in [0.25, 0.3) is 0 Å². The minimum atomic E-state index is -0.391. The van der Waals surface area contributed by atoms with Gasteiger partial charge in [0.25, 0.3) is 0 Å². The zero-order valence-corrected chi connectivity index (χ0v) is 18.7. The molecule has 4 rings (SSSR count). The van der Waals surface area contributed by atoms with E-state index in [1.807, 2.05) is 10.6 Å². The topological polar surface area (TPSA) is 60.2 Å². The Kier molecular flexibility index (Phi) is 6.81. The minimum absolute atomic E-state index is 0.0409. The maximum absolute atomic E-state index is 13.6. The fraction of sp³-hybridized carbons (Fsp3) is 0.217. The molecule has 0 aliphatic heterocycles. The van der Waals surface area contributed by atoms with Crippen LogP contribution in [-0.2, 0) is 12.2 Å². The number of aromatic hydroxyl groups is 1. The summed E-state index contributed by atoms with van der Waals surface area (Å²) in [5, 5.41) is 19.8. The maximum Gasteiger partial charge on any atom is 0.192 e. The molecule has 1 unspecified atom stereocenters. The van der Waals surface area contributed by atoms with Crippen LogP contribution >= 0.6 is 23.4 Å². The van der Waals surface area contributed by atoms with Gasteiger partial charge in [-0.3, -0.25) is 4.57 Å². The second-order valence-corrected chi connectivity index (χ2v) is 8.58. The molecule has 1 aliphatic rings. The van der Waals surface area contributed by atoms with Gasteiger partial charge >= 0.3 is 0 Å². The van der Waals surface area contributed by atoms with E-state index in [0.29, 0.717) is 40.3 Å². The Bertz CT molecular complexity index is 1200. The first kappa shape index (κ1) is 22.4. The quantitative estimate of drug-likeness (QED) is 0.423. The third-order valence-electron chi connectivity index (χ3n) is 5.08. The number of allylic oxidation sites excluding steroid dienone is 4. The molecule has 0 amide bonds. The van der Waals surface area contributed by atoms with E-state index in [4.69, 9.17) is 16.3 Å². The Hall–Kier alpha value is -2.84. The molecule has 0 spiro atoms. The molecular weight excluding hydrogens is 456 g/mol. The second kappa shape index (κ2) is 9.75. The number of nitrogens with zero attached hydrogens (tertiary/aromatic N) is 3. The molecule has 3 aromatic rings. The average molecular weight is 476 g/mol. The first-order valence-electron chi connectivity index (χ1n) is 9.85. The average Bonchev–Trinajstić information content (AvgIpc) is 3.16. The van der Waals surface area contributed by atoms with Crippen molar-refractivity contribution in [1.82, 2.24) is 14.8 Å². The summed E-state index contributed by atoms with van der Waals surface area (Å²) in [5.41, 5.74) is 1.61. The van der Waals surface area contributed by atoms with E-state index in [1.54, 1.807) is 24.3 Å². The van der Waals surface area contributed by atoms with Gasteiger partial charge in [-0.1, -0.05) is 41.6 Å². The van der Waals surface area contributed by atoms with Crippen LogP contribution in [0.5, 0.6) is 11.5 Å². The number of rotatable bonds is 7. The van der Waals surface area contributed by atoms with Gasteiger partial charge in [-0.15, -0.1) is 10.2 Å². The van der Waals surface area contributed by atoms with E-state index in [2.05, 4.69) is 10.2 Å². The summed E-state index contributed by atoms with van der Waals surface area (Å²) in [6.07, 6.45) is 5.62. The summed E-state index contributed by atoms with van der Waals surface area (Å²) >= 11 is 7.58. The van der Waals surface area contributed by atoms with Crippen molar-refractivity contribution in [3.63, 3.8) is 0 Å². The molecule has 2 aromatic carbocycles. The number of phenols is 1. The highest BCUT2D eigenvalue weighted by molar-refractivity contribution is 7.98. The Balaban J connectivity index is 1.62. The van der Waals surface area contributed by atoms with Crippen LogP contribution < -0.4 is 4.74 Å². The molecule has 0 fully saturated rings. The lowest BCUT2D eigenvalue weighted by atomic mass is 10.1. The molecule has 1 aliphatic carbocycles. The molecule has 9 heteroatoms. The predicted octanol–water partition coefficient (Wildman–Crippen LogP) is 6.02. The molecule has 166 valence electrons. The highest BCUT2D eigenvalue weighted by Gasteiger charge is 2.21. The molecule has 0 saturated heterocycles. The Labute approximate surface area is 193 Å². The molecule has 1 atom stereocenters. The normalized spacial score (nSPS) is 15.6. The van der Waals surface area contributed by atoms with Gasteiger partial charge in [-0.05, 0) is 54.0 Å². The van der Waals surface area contributed by atoms with Crippen molar-refractivity contribution in [2.45, 2.75) is 29.8 Å². The smallest absolute Gasteiger partial charge is 0.192 e. The van der Waals surface area contributed by atoms with Crippen LogP contribution in [0.1, 0.15) is 29.4 Å². The van der Waals surface area contributed by atoms with Crippen LogP contribution in [-0.4, -0.2) is 27.0 Å². The SMILES string of the molecule is COc1ccc(Cc2nnc(SCc3ccc(F)cc3Cl)n2C2C=CC(F)=CC2)cc1O. The minimum Gasteiger partial charge on any atom is -0.504 e. The van der Waals surface area contributed by atoms with Gasteiger partial charge in [0.15, 0.2) is 16.7 Å². The Morgan fingerprint density at radius 1 is 1.22 bits per heavy atom. The molecule has 1 N–H and O–H groups in total. The van der Waals surface area contributed by atoms with Gasteiger partial charge in [-0.25, -0.2) is 8.78 Å². The molecular formula is C23H20ClF2N3O2S. The summed E-state index contributed by atoms with van der Waals surface area (Å²) < 4.78 is 34.0.